The molecule has 1 aromatic carbocycles. The van der Waals surface area contributed by atoms with Gasteiger partial charge in [-0.1, -0.05) is 35.3 Å². The lowest BCUT2D eigenvalue weighted by atomic mass is 10.1. The van der Waals surface area contributed by atoms with Crippen LogP contribution in [0.15, 0.2) is 30.9 Å². The first kappa shape index (κ1) is 13.8. The maximum atomic E-state index is 5.85. The van der Waals surface area contributed by atoms with Crippen LogP contribution < -0.4 is 5.73 Å². The molecule has 1 atom stereocenters. The summed E-state index contributed by atoms with van der Waals surface area (Å²) in [5.74, 6) is 0. The molecule has 0 saturated heterocycles. The number of nitrogens with two attached hydrogens (primary N) is 1. The van der Waals surface area contributed by atoms with Crippen molar-refractivity contribution in [2.45, 2.75) is 12.5 Å². The third kappa shape index (κ3) is 3.50. The molecule has 0 fully saturated rings. The van der Waals surface area contributed by atoms with E-state index in [1.54, 1.807) is 18.2 Å². The summed E-state index contributed by atoms with van der Waals surface area (Å²) in [4.78, 5) is 0. The third-order valence-electron chi connectivity index (χ3n) is 1.79. The number of benzene rings is 1. The van der Waals surface area contributed by atoms with E-state index >= 15 is 0 Å². The zero-order valence-corrected chi connectivity index (χ0v) is 9.87. The summed E-state index contributed by atoms with van der Waals surface area (Å²) < 4.78 is 0. The van der Waals surface area contributed by atoms with Gasteiger partial charge < -0.3 is 5.73 Å². The highest BCUT2D eigenvalue weighted by Crippen LogP contribution is 2.25. The molecule has 0 aliphatic rings. The van der Waals surface area contributed by atoms with E-state index in [1.807, 2.05) is 6.07 Å². The highest BCUT2D eigenvalue weighted by Gasteiger charge is 2.05. The fourth-order valence-corrected chi connectivity index (χ4v) is 1.37. The summed E-state index contributed by atoms with van der Waals surface area (Å²) in [6, 6.07) is 5.37. The second-order valence-corrected chi connectivity index (χ2v) is 3.62. The summed E-state index contributed by atoms with van der Waals surface area (Å²) >= 11 is 11.6. The van der Waals surface area contributed by atoms with E-state index in [0.29, 0.717) is 10.0 Å². The van der Waals surface area contributed by atoms with Gasteiger partial charge in [0.15, 0.2) is 0 Å². The Morgan fingerprint density at radius 2 is 2.00 bits per heavy atom. The van der Waals surface area contributed by atoms with E-state index in [2.05, 4.69) is 6.58 Å². The molecule has 0 amide bonds. The van der Waals surface area contributed by atoms with Gasteiger partial charge in [-0.3, -0.25) is 0 Å². The minimum atomic E-state index is -0.0488. The van der Waals surface area contributed by atoms with E-state index in [1.165, 1.54) is 0 Å². The molecule has 0 bridgehead atoms. The smallest absolute Gasteiger partial charge is 0.0595 e. The van der Waals surface area contributed by atoms with Crippen LogP contribution in [0, 0.1) is 0 Å². The van der Waals surface area contributed by atoms with Crippen molar-refractivity contribution in [2.24, 2.45) is 5.73 Å². The van der Waals surface area contributed by atoms with E-state index in [0.717, 1.165) is 12.0 Å². The van der Waals surface area contributed by atoms with Gasteiger partial charge in [-0.15, -0.1) is 19.0 Å². The summed E-state index contributed by atoms with van der Waals surface area (Å²) in [6.45, 7) is 3.63. The first-order valence-corrected chi connectivity index (χ1v) is 4.72. The van der Waals surface area contributed by atoms with Crippen LogP contribution in [0.5, 0.6) is 0 Å². The molecule has 0 aromatic heterocycles. The van der Waals surface area contributed by atoms with Gasteiger partial charge in [0, 0.05) is 6.04 Å². The van der Waals surface area contributed by atoms with Gasteiger partial charge in [0.1, 0.15) is 0 Å². The lowest BCUT2D eigenvalue weighted by Gasteiger charge is -2.09. The molecular formula is C10H12Cl3N. The molecular weight excluding hydrogens is 240 g/mol. The van der Waals surface area contributed by atoms with Crippen molar-refractivity contribution in [3.63, 3.8) is 0 Å². The average molecular weight is 253 g/mol. The van der Waals surface area contributed by atoms with Gasteiger partial charge in [0.25, 0.3) is 0 Å². The highest BCUT2D eigenvalue weighted by molar-refractivity contribution is 6.42. The molecule has 0 aliphatic carbocycles. The Morgan fingerprint density at radius 1 is 1.36 bits per heavy atom. The zero-order chi connectivity index (χ0) is 9.84. The van der Waals surface area contributed by atoms with Crippen molar-refractivity contribution in [3.05, 3.63) is 46.5 Å². The van der Waals surface area contributed by atoms with E-state index in [9.17, 15) is 0 Å². The molecule has 1 rings (SSSR count). The van der Waals surface area contributed by atoms with Crippen LogP contribution in [-0.2, 0) is 0 Å². The van der Waals surface area contributed by atoms with Crippen molar-refractivity contribution in [1.82, 2.24) is 0 Å². The average Bonchev–Trinajstić information content (AvgIpc) is 2.10. The molecule has 0 saturated carbocycles. The number of halogens is 3. The SMILES string of the molecule is C=CCC(N)c1ccc(Cl)c(Cl)c1.Cl. The van der Waals surface area contributed by atoms with E-state index < -0.39 is 0 Å². The van der Waals surface area contributed by atoms with Gasteiger partial charge >= 0.3 is 0 Å². The Morgan fingerprint density at radius 3 is 2.50 bits per heavy atom. The Kier molecular flexibility index (Phi) is 6.21. The first-order valence-electron chi connectivity index (χ1n) is 3.96. The van der Waals surface area contributed by atoms with E-state index in [4.69, 9.17) is 28.9 Å². The molecule has 1 unspecified atom stereocenters. The fraction of sp³-hybridized carbons (Fsp3) is 0.200. The Balaban J connectivity index is 0.00000169. The minimum Gasteiger partial charge on any atom is -0.324 e. The van der Waals surface area contributed by atoms with Crippen LogP contribution in [0.4, 0.5) is 0 Å². The second-order valence-electron chi connectivity index (χ2n) is 2.80. The highest BCUT2D eigenvalue weighted by atomic mass is 35.5. The molecule has 0 radical (unpaired) electrons. The van der Waals surface area contributed by atoms with Crippen molar-refractivity contribution in [2.75, 3.05) is 0 Å². The maximum Gasteiger partial charge on any atom is 0.0595 e. The molecule has 0 aliphatic heterocycles. The second kappa shape index (κ2) is 6.31. The van der Waals surface area contributed by atoms with Crippen molar-refractivity contribution in [1.29, 1.82) is 0 Å². The first-order chi connectivity index (χ1) is 6.15. The predicted molar refractivity (Wildman–Crippen MR) is 65.5 cm³/mol. The number of hydrogen-bond donors (Lipinski definition) is 1. The van der Waals surface area contributed by atoms with Gasteiger partial charge in [-0.2, -0.15) is 0 Å². The van der Waals surface area contributed by atoms with Gasteiger partial charge in [0.05, 0.1) is 10.0 Å². The maximum absolute atomic E-state index is 5.85. The lowest BCUT2D eigenvalue weighted by Crippen LogP contribution is -2.08. The van der Waals surface area contributed by atoms with Crippen molar-refractivity contribution in [3.8, 4) is 0 Å². The largest absolute Gasteiger partial charge is 0.324 e. The Bertz CT molecular complexity index is 312. The monoisotopic (exact) mass is 251 g/mol. The Labute approximate surface area is 100 Å². The topological polar surface area (TPSA) is 26.0 Å². The van der Waals surface area contributed by atoms with Gasteiger partial charge in [0.2, 0.25) is 0 Å². The zero-order valence-electron chi connectivity index (χ0n) is 7.54. The van der Waals surface area contributed by atoms with Crippen LogP contribution in [0.1, 0.15) is 18.0 Å². The molecule has 14 heavy (non-hydrogen) atoms. The van der Waals surface area contributed by atoms with Crippen LogP contribution >= 0.6 is 35.6 Å². The van der Waals surface area contributed by atoms with Crippen LogP contribution in [0.25, 0.3) is 0 Å². The Hall–Kier alpha value is -0.210. The molecule has 0 heterocycles. The van der Waals surface area contributed by atoms with Crippen LogP contribution in [-0.4, -0.2) is 0 Å². The molecule has 4 heteroatoms. The molecule has 78 valence electrons. The summed E-state index contributed by atoms with van der Waals surface area (Å²) in [5.41, 5.74) is 6.83. The minimum absolute atomic E-state index is 0. The summed E-state index contributed by atoms with van der Waals surface area (Å²) in [5, 5.41) is 1.09. The van der Waals surface area contributed by atoms with Gasteiger partial charge in [-0.25, -0.2) is 0 Å². The lowest BCUT2D eigenvalue weighted by molar-refractivity contribution is 0.742. The molecule has 0 spiro atoms. The van der Waals surface area contributed by atoms with Crippen molar-refractivity contribution >= 4 is 35.6 Å². The van der Waals surface area contributed by atoms with Crippen molar-refractivity contribution < 1.29 is 0 Å². The normalized spacial score (nSPS) is 11.6. The fourth-order valence-electron chi connectivity index (χ4n) is 1.06. The summed E-state index contributed by atoms with van der Waals surface area (Å²) in [7, 11) is 0. The van der Waals surface area contributed by atoms with Gasteiger partial charge in [-0.05, 0) is 24.1 Å². The summed E-state index contributed by atoms with van der Waals surface area (Å²) in [6.07, 6.45) is 2.52. The molecule has 2 N–H and O–H groups in total. The molecule has 1 nitrogen and oxygen atoms in total. The van der Waals surface area contributed by atoms with E-state index in [-0.39, 0.29) is 18.4 Å². The quantitative estimate of drug-likeness (QED) is 0.809. The predicted octanol–water partition coefficient (Wildman–Crippen LogP) is 3.99. The van der Waals surface area contributed by atoms with Crippen LogP contribution in [0.3, 0.4) is 0 Å². The number of rotatable bonds is 3. The third-order valence-corrected chi connectivity index (χ3v) is 2.53. The molecule has 1 aromatic rings. The number of hydrogen-bond acceptors (Lipinski definition) is 1. The standard InChI is InChI=1S/C10H11Cl2N.ClH/c1-2-3-10(13)7-4-5-8(11)9(12)6-7;/h2,4-6,10H,1,3,13H2;1H. The van der Waals surface area contributed by atoms with Crippen LogP contribution in [0.2, 0.25) is 10.0 Å².